The highest BCUT2D eigenvalue weighted by Gasteiger charge is 2.10. The summed E-state index contributed by atoms with van der Waals surface area (Å²) in [6.07, 6.45) is 0.851. The van der Waals surface area contributed by atoms with Crippen molar-refractivity contribution in [2.75, 3.05) is 19.5 Å². The fourth-order valence-electron chi connectivity index (χ4n) is 3.16. The molecule has 6 nitrogen and oxygen atoms in total. The van der Waals surface area contributed by atoms with Gasteiger partial charge in [-0.1, -0.05) is 30.3 Å². The molecule has 31 heavy (non-hydrogen) atoms. The van der Waals surface area contributed by atoms with Crippen molar-refractivity contribution in [3.05, 3.63) is 89.5 Å². The van der Waals surface area contributed by atoms with E-state index in [0.29, 0.717) is 24.9 Å². The molecule has 0 radical (unpaired) electrons. The summed E-state index contributed by atoms with van der Waals surface area (Å²) in [6, 6.07) is 22.0. The van der Waals surface area contributed by atoms with Crippen LogP contribution in [0.15, 0.2) is 72.8 Å². The van der Waals surface area contributed by atoms with E-state index in [9.17, 15) is 9.59 Å². The summed E-state index contributed by atoms with van der Waals surface area (Å²) in [5.41, 5.74) is 3.04. The molecular weight excluding hydrogens is 392 g/mol. The molecule has 0 aliphatic carbocycles. The molecule has 0 aromatic heterocycles. The molecule has 160 valence electrons. The van der Waals surface area contributed by atoms with E-state index in [0.717, 1.165) is 28.3 Å². The molecular formula is C25H26N2O4. The predicted molar refractivity (Wildman–Crippen MR) is 121 cm³/mol. The van der Waals surface area contributed by atoms with E-state index in [4.69, 9.17) is 9.47 Å². The number of rotatable bonds is 9. The van der Waals surface area contributed by atoms with Gasteiger partial charge in [-0.25, -0.2) is 0 Å². The van der Waals surface area contributed by atoms with E-state index in [-0.39, 0.29) is 11.8 Å². The summed E-state index contributed by atoms with van der Waals surface area (Å²) in [4.78, 5) is 24.8. The van der Waals surface area contributed by atoms with Crippen molar-refractivity contribution in [1.29, 1.82) is 0 Å². The third-order valence-corrected chi connectivity index (χ3v) is 4.82. The minimum Gasteiger partial charge on any atom is -0.497 e. The second-order valence-electron chi connectivity index (χ2n) is 6.98. The Morgan fingerprint density at radius 2 is 1.68 bits per heavy atom. The first-order chi connectivity index (χ1) is 15.1. The number of para-hydroxylation sites is 1. The first-order valence-corrected chi connectivity index (χ1v) is 10.0. The molecule has 0 bridgehead atoms. The van der Waals surface area contributed by atoms with Gasteiger partial charge in [0, 0.05) is 24.2 Å². The summed E-state index contributed by atoms with van der Waals surface area (Å²) in [7, 11) is 3.21. The lowest BCUT2D eigenvalue weighted by Gasteiger charge is -2.11. The molecule has 3 aromatic rings. The average Bonchev–Trinajstić information content (AvgIpc) is 2.82. The molecule has 3 aromatic carbocycles. The van der Waals surface area contributed by atoms with Gasteiger partial charge < -0.3 is 20.1 Å². The molecule has 0 unspecified atom stereocenters. The van der Waals surface area contributed by atoms with E-state index in [1.807, 2.05) is 60.7 Å². The van der Waals surface area contributed by atoms with Crippen LogP contribution in [-0.4, -0.2) is 26.0 Å². The smallest absolute Gasteiger partial charge is 0.255 e. The molecule has 0 fully saturated rings. The molecule has 2 amide bonds. The van der Waals surface area contributed by atoms with Crippen LogP contribution in [0.5, 0.6) is 11.5 Å². The Balaban J connectivity index is 1.54. The second-order valence-corrected chi connectivity index (χ2v) is 6.98. The standard InChI is InChI=1S/C25H26N2O4/c1-30-22-12-13-23(31-2)19(16-22)11-14-24(28)26-17-18-7-6-8-20(15-18)25(29)27-21-9-4-3-5-10-21/h3-10,12-13,15-16H,11,14,17H2,1-2H3,(H,26,28)(H,27,29). The van der Waals surface area contributed by atoms with Crippen molar-refractivity contribution < 1.29 is 19.1 Å². The normalized spacial score (nSPS) is 10.3. The molecule has 0 saturated heterocycles. The van der Waals surface area contributed by atoms with Crippen LogP contribution in [0.25, 0.3) is 0 Å². The number of carbonyl (C=O) groups excluding carboxylic acids is 2. The Morgan fingerprint density at radius 1 is 0.871 bits per heavy atom. The number of carbonyl (C=O) groups is 2. The number of ether oxygens (including phenoxy) is 2. The zero-order chi connectivity index (χ0) is 22.1. The van der Waals surface area contributed by atoms with E-state index >= 15 is 0 Å². The number of amides is 2. The Bertz CT molecular complexity index is 1030. The zero-order valence-electron chi connectivity index (χ0n) is 17.7. The summed E-state index contributed by atoms with van der Waals surface area (Å²) >= 11 is 0. The Labute approximate surface area is 182 Å². The molecule has 6 heteroatoms. The highest BCUT2D eigenvalue weighted by Crippen LogP contribution is 2.25. The fraction of sp³-hybridized carbons (Fsp3) is 0.200. The average molecular weight is 418 g/mol. The minimum atomic E-state index is -0.190. The third-order valence-electron chi connectivity index (χ3n) is 4.82. The van der Waals surface area contributed by atoms with Crippen LogP contribution in [0, 0.1) is 0 Å². The first kappa shape index (κ1) is 21.9. The Morgan fingerprint density at radius 3 is 2.42 bits per heavy atom. The highest BCUT2D eigenvalue weighted by molar-refractivity contribution is 6.04. The predicted octanol–water partition coefficient (Wildman–Crippen LogP) is 4.21. The monoisotopic (exact) mass is 418 g/mol. The van der Waals surface area contributed by atoms with E-state index in [1.165, 1.54) is 0 Å². The third kappa shape index (κ3) is 6.34. The van der Waals surface area contributed by atoms with Gasteiger partial charge in [0.25, 0.3) is 5.91 Å². The lowest BCUT2D eigenvalue weighted by molar-refractivity contribution is -0.121. The van der Waals surface area contributed by atoms with Gasteiger partial charge in [-0.15, -0.1) is 0 Å². The molecule has 0 saturated carbocycles. The number of hydrogen-bond donors (Lipinski definition) is 2. The van der Waals surface area contributed by atoms with Gasteiger partial charge in [-0.3, -0.25) is 9.59 Å². The van der Waals surface area contributed by atoms with Crippen LogP contribution in [0.2, 0.25) is 0 Å². The number of methoxy groups -OCH3 is 2. The summed E-state index contributed by atoms with van der Waals surface area (Å²) in [5.74, 6) is 1.18. The molecule has 0 aliphatic rings. The van der Waals surface area contributed by atoms with Gasteiger partial charge in [0.15, 0.2) is 0 Å². The summed E-state index contributed by atoms with van der Waals surface area (Å²) in [5, 5.41) is 5.77. The number of hydrogen-bond acceptors (Lipinski definition) is 4. The minimum absolute atomic E-state index is 0.0796. The van der Waals surface area contributed by atoms with Gasteiger partial charge >= 0.3 is 0 Å². The molecule has 0 spiro atoms. The summed E-state index contributed by atoms with van der Waals surface area (Å²) in [6.45, 7) is 0.348. The molecule has 0 heterocycles. The topological polar surface area (TPSA) is 76.7 Å². The Kier molecular flexibility index (Phi) is 7.65. The highest BCUT2D eigenvalue weighted by atomic mass is 16.5. The molecule has 0 atom stereocenters. The number of nitrogens with one attached hydrogen (secondary N) is 2. The summed E-state index contributed by atoms with van der Waals surface area (Å²) < 4.78 is 10.6. The van der Waals surface area contributed by atoms with Crippen molar-refractivity contribution >= 4 is 17.5 Å². The maximum absolute atomic E-state index is 12.5. The van der Waals surface area contributed by atoms with E-state index in [1.54, 1.807) is 26.4 Å². The van der Waals surface area contributed by atoms with Gasteiger partial charge in [0.2, 0.25) is 5.91 Å². The van der Waals surface area contributed by atoms with Crippen molar-refractivity contribution in [2.45, 2.75) is 19.4 Å². The quantitative estimate of drug-likeness (QED) is 0.546. The maximum atomic E-state index is 12.5. The van der Waals surface area contributed by atoms with Gasteiger partial charge in [-0.2, -0.15) is 0 Å². The van der Waals surface area contributed by atoms with E-state index in [2.05, 4.69) is 10.6 Å². The van der Waals surface area contributed by atoms with Gasteiger partial charge in [0.1, 0.15) is 11.5 Å². The zero-order valence-corrected chi connectivity index (χ0v) is 17.7. The van der Waals surface area contributed by atoms with Crippen molar-refractivity contribution in [1.82, 2.24) is 5.32 Å². The number of aryl methyl sites for hydroxylation is 1. The number of benzene rings is 3. The van der Waals surface area contributed by atoms with Crippen LogP contribution in [0.3, 0.4) is 0 Å². The van der Waals surface area contributed by atoms with Crippen molar-refractivity contribution in [3.63, 3.8) is 0 Å². The molecule has 2 N–H and O–H groups in total. The van der Waals surface area contributed by atoms with Gasteiger partial charge in [0.05, 0.1) is 14.2 Å². The fourth-order valence-corrected chi connectivity index (χ4v) is 3.16. The number of anilines is 1. The Hall–Kier alpha value is -3.80. The largest absolute Gasteiger partial charge is 0.497 e. The second kappa shape index (κ2) is 10.8. The SMILES string of the molecule is COc1ccc(OC)c(CCC(=O)NCc2cccc(C(=O)Nc3ccccc3)c2)c1. The lowest BCUT2D eigenvalue weighted by Crippen LogP contribution is -2.23. The van der Waals surface area contributed by atoms with Crippen LogP contribution < -0.4 is 20.1 Å². The van der Waals surface area contributed by atoms with Crippen molar-refractivity contribution in [3.8, 4) is 11.5 Å². The maximum Gasteiger partial charge on any atom is 0.255 e. The van der Waals surface area contributed by atoms with Crippen LogP contribution in [-0.2, 0) is 17.8 Å². The first-order valence-electron chi connectivity index (χ1n) is 10.0. The molecule has 0 aliphatic heterocycles. The molecule has 3 rings (SSSR count). The van der Waals surface area contributed by atoms with Crippen LogP contribution >= 0.6 is 0 Å². The van der Waals surface area contributed by atoms with Crippen LogP contribution in [0.1, 0.15) is 27.9 Å². The van der Waals surface area contributed by atoms with Crippen molar-refractivity contribution in [2.24, 2.45) is 0 Å². The lowest BCUT2D eigenvalue weighted by atomic mass is 10.1. The van der Waals surface area contributed by atoms with Gasteiger partial charge in [-0.05, 0) is 60.0 Å². The van der Waals surface area contributed by atoms with Crippen LogP contribution in [0.4, 0.5) is 5.69 Å². The van der Waals surface area contributed by atoms with E-state index < -0.39 is 0 Å².